The summed E-state index contributed by atoms with van der Waals surface area (Å²) < 4.78 is 1.96. The van der Waals surface area contributed by atoms with Gasteiger partial charge < -0.3 is 0 Å². The van der Waals surface area contributed by atoms with Crippen molar-refractivity contribution in [1.29, 1.82) is 0 Å². The summed E-state index contributed by atoms with van der Waals surface area (Å²) in [4.78, 5) is 4.62. The van der Waals surface area contributed by atoms with Crippen molar-refractivity contribution in [2.75, 3.05) is 0 Å². The van der Waals surface area contributed by atoms with E-state index >= 15 is 0 Å². The Bertz CT molecular complexity index is 1230. The molecule has 0 aliphatic carbocycles. The highest BCUT2D eigenvalue weighted by Gasteiger charge is 2.15. The van der Waals surface area contributed by atoms with Crippen LogP contribution < -0.4 is 0 Å². The van der Waals surface area contributed by atoms with Gasteiger partial charge in [0, 0.05) is 16.3 Å². The second kappa shape index (κ2) is 6.49. The van der Waals surface area contributed by atoms with Crippen LogP contribution in [-0.2, 0) is 0 Å². The maximum Gasteiger partial charge on any atom is 0.211 e. The molecule has 0 unspecified atom stereocenters. The van der Waals surface area contributed by atoms with Gasteiger partial charge in [-0.25, -0.2) is 9.67 Å². The number of nitrogens with zero attached hydrogens (tertiary/aromatic N) is 3. The standard InChI is InChI=1S/C23H17N3S/c1-16-15-27-23(24-16)26-21-13-6-5-12-20(21)22(25-26)19-11-7-10-18(14-19)17-8-3-2-4-9-17/h2-15H,1H3. The third-order valence-electron chi connectivity index (χ3n) is 4.62. The molecule has 0 saturated carbocycles. The average molecular weight is 367 g/mol. The lowest BCUT2D eigenvalue weighted by Crippen LogP contribution is -1.95. The van der Waals surface area contributed by atoms with Gasteiger partial charge in [-0.2, -0.15) is 5.10 Å². The van der Waals surface area contributed by atoms with Crippen LogP contribution in [-0.4, -0.2) is 14.8 Å². The van der Waals surface area contributed by atoms with E-state index in [2.05, 4.69) is 77.1 Å². The number of benzene rings is 3. The molecule has 3 nitrogen and oxygen atoms in total. The summed E-state index contributed by atoms with van der Waals surface area (Å²) in [5.74, 6) is 0. The minimum absolute atomic E-state index is 0.897. The highest BCUT2D eigenvalue weighted by Crippen LogP contribution is 2.32. The maximum atomic E-state index is 4.94. The van der Waals surface area contributed by atoms with Crippen LogP contribution >= 0.6 is 11.3 Å². The first-order valence-electron chi connectivity index (χ1n) is 8.86. The third-order valence-corrected chi connectivity index (χ3v) is 5.55. The first-order chi connectivity index (χ1) is 13.3. The number of para-hydroxylation sites is 1. The highest BCUT2D eigenvalue weighted by atomic mass is 32.1. The molecule has 0 fully saturated rings. The van der Waals surface area contributed by atoms with Gasteiger partial charge >= 0.3 is 0 Å². The van der Waals surface area contributed by atoms with E-state index in [1.165, 1.54) is 11.1 Å². The molecule has 3 aromatic carbocycles. The molecule has 0 aliphatic rings. The first-order valence-corrected chi connectivity index (χ1v) is 9.74. The molecule has 2 heterocycles. The molecule has 27 heavy (non-hydrogen) atoms. The Labute approximate surface area is 161 Å². The second-order valence-corrected chi connectivity index (χ2v) is 7.33. The molecule has 0 aliphatic heterocycles. The van der Waals surface area contributed by atoms with Crippen molar-refractivity contribution in [3.8, 4) is 27.5 Å². The summed E-state index contributed by atoms with van der Waals surface area (Å²) in [7, 11) is 0. The SMILES string of the molecule is Cc1csc(-n2nc(-c3cccc(-c4ccccc4)c3)c3ccccc32)n1. The molecule has 0 saturated heterocycles. The van der Waals surface area contributed by atoms with Crippen LogP contribution in [0.5, 0.6) is 0 Å². The number of thiazole rings is 1. The molecular weight excluding hydrogens is 350 g/mol. The molecule has 0 amide bonds. The zero-order valence-corrected chi connectivity index (χ0v) is 15.6. The fourth-order valence-electron chi connectivity index (χ4n) is 3.34. The van der Waals surface area contributed by atoms with Crippen LogP contribution in [0.3, 0.4) is 0 Å². The predicted molar refractivity (Wildman–Crippen MR) is 112 cm³/mol. The zero-order valence-electron chi connectivity index (χ0n) is 14.8. The lowest BCUT2D eigenvalue weighted by molar-refractivity contribution is 0.897. The van der Waals surface area contributed by atoms with E-state index in [0.717, 1.165) is 33.0 Å². The van der Waals surface area contributed by atoms with Gasteiger partial charge in [0.1, 0.15) is 5.69 Å². The summed E-state index contributed by atoms with van der Waals surface area (Å²) in [6, 6.07) is 27.3. The molecular formula is C23H17N3S. The van der Waals surface area contributed by atoms with Gasteiger partial charge in [0.05, 0.1) is 11.2 Å². The van der Waals surface area contributed by atoms with Crippen molar-refractivity contribution in [2.24, 2.45) is 0 Å². The van der Waals surface area contributed by atoms with Crippen LogP contribution in [0, 0.1) is 6.92 Å². The van der Waals surface area contributed by atoms with Gasteiger partial charge in [-0.15, -0.1) is 11.3 Å². The van der Waals surface area contributed by atoms with Crippen molar-refractivity contribution < 1.29 is 0 Å². The van der Waals surface area contributed by atoms with Crippen LogP contribution in [0.25, 0.3) is 38.4 Å². The Morgan fingerprint density at radius 1 is 0.778 bits per heavy atom. The number of aryl methyl sites for hydroxylation is 1. The van der Waals surface area contributed by atoms with Crippen molar-refractivity contribution in [2.45, 2.75) is 6.92 Å². The van der Waals surface area contributed by atoms with Crippen molar-refractivity contribution in [1.82, 2.24) is 14.8 Å². The zero-order chi connectivity index (χ0) is 18.2. The quantitative estimate of drug-likeness (QED) is 0.384. The van der Waals surface area contributed by atoms with E-state index in [1.807, 2.05) is 23.7 Å². The van der Waals surface area contributed by atoms with E-state index in [9.17, 15) is 0 Å². The Kier molecular flexibility index (Phi) is 3.84. The van der Waals surface area contributed by atoms with Gasteiger partial charge in [-0.3, -0.25) is 0 Å². The predicted octanol–water partition coefficient (Wildman–Crippen LogP) is 6.12. The van der Waals surface area contributed by atoms with Gasteiger partial charge in [0.25, 0.3) is 0 Å². The molecule has 0 spiro atoms. The fraction of sp³-hybridized carbons (Fsp3) is 0.0435. The number of rotatable bonds is 3. The number of fused-ring (bicyclic) bond motifs is 1. The number of aromatic nitrogens is 3. The number of hydrogen-bond donors (Lipinski definition) is 0. The first kappa shape index (κ1) is 16.0. The van der Waals surface area contributed by atoms with Gasteiger partial charge in [0.15, 0.2) is 0 Å². The third kappa shape index (κ3) is 2.84. The Hall–Kier alpha value is -3.24. The monoisotopic (exact) mass is 367 g/mol. The minimum atomic E-state index is 0.897. The largest absolute Gasteiger partial charge is 0.224 e. The smallest absolute Gasteiger partial charge is 0.211 e. The molecule has 0 radical (unpaired) electrons. The lowest BCUT2D eigenvalue weighted by Gasteiger charge is -2.04. The number of hydrogen-bond acceptors (Lipinski definition) is 3. The van der Waals surface area contributed by atoms with Crippen LogP contribution in [0.4, 0.5) is 0 Å². The summed E-state index contributed by atoms with van der Waals surface area (Å²) in [6.45, 7) is 2.01. The second-order valence-electron chi connectivity index (χ2n) is 6.50. The molecule has 130 valence electrons. The van der Waals surface area contributed by atoms with Crippen LogP contribution in [0.15, 0.2) is 84.2 Å². The van der Waals surface area contributed by atoms with Crippen molar-refractivity contribution in [3.05, 3.63) is 89.9 Å². The van der Waals surface area contributed by atoms with Crippen molar-refractivity contribution in [3.63, 3.8) is 0 Å². The van der Waals surface area contributed by atoms with Gasteiger partial charge in [-0.05, 0) is 30.2 Å². The van der Waals surface area contributed by atoms with E-state index in [-0.39, 0.29) is 0 Å². The van der Waals surface area contributed by atoms with E-state index < -0.39 is 0 Å². The maximum absolute atomic E-state index is 4.94. The minimum Gasteiger partial charge on any atom is -0.224 e. The lowest BCUT2D eigenvalue weighted by atomic mass is 10.0. The van der Waals surface area contributed by atoms with Gasteiger partial charge in [-0.1, -0.05) is 66.7 Å². The Morgan fingerprint density at radius 2 is 1.52 bits per heavy atom. The normalized spacial score (nSPS) is 11.1. The van der Waals surface area contributed by atoms with Gasteiger partial charge in [0.2, 0.25) is 5.13 Å². The van der Waals surface area contributed by atoms with Crippen LogP contribution in [0.2, 0.25) is 0 Å². The van der Waals surface area contributed by atoms with E-state index in [1.54, 1.807) is 11.3 Å². The molecule has 4 heteroatoms. The molecule has 0 bridgehead atoms. The molecule has 0 atom stereocenters. The molecule has 2 aromatic heterocycles. The summed E-state index contributed by atoms with van der Waals surface area (Å²) in [5.41, 5.74) is 6.58. The van der Waals surface area contributed by atoms with E-state index in [0.29, 0.717) is 0 Å². The Balaban J connectivity index is 1.70. The molecule has 0 N–H and O–H groups in total. The van der Waals surface area contributed by atoms with Crippen LogP contribution in [0.1, 0.15) is 5.69 Å². The van der Waals surface area contributed by atoms with Crippen molar-refractivity contribution >= 4 is 22.2 Å². The van der Waals surface area contributed by atoms with E-state index in [4.69, 9.17) is 5.10 Å². The fourth-order valence-corrected chi connectivity index (χ4v) is 4.11. The highest BCUT2D eigenvalue weighted by molar-refractivity contribution is 7.12. The summed E-state index contributed by atoms with van der Waals surface area (Å²) >= 11 is 1.62. The average Bonchev–Trinajstić information content (AvgIpc) is 3.32. The Morgan fingerprint density at radius 3 is 2.33 bits per heavy atom. The molecule has 5 aromatic rings. The summed E-state index contributed by atoms with van der Waals surface area (Å²) in [5, 5.41) is 9.03. The summed E-state index contributed by atoms with van der Waals surface area (Å²) in [6.07, 6.45) is 0. The topological polar surface area (TPSA) is 30.7 Å². The molecule has 5 rings (SSSR count).